The summed E-state index contributed by atoms with van der Waals surface area (Å²) in [6.45, 7) is 0. The number of nitriles is 2. The van der Waals surface area contributed by atoms with Crippen LogP contribution in [0.2, 0.25) is 0 Å². The highest BCUT2D eigenvalue weighted by Gasteiger charge is 2.07. The van der Waals surface area contributed by atoms with Crippen molar-refractivity contribution in [2.24, 2.45) is 0 Å². The van der Waals surface area contributed by atoms with Crippen LogP contribution in [0, 0.1) is 22.7 Å². The van der Waals surface area contributed by atoms with Gasteiger partial charge in [-0.1, -0.05) is 38.5 Å². The van der Waals surface area contributed by atoms with E-state index >= 15 is 0 Å². The standard InChI is InChI=1S/C14H20N2/c15-11-13-9-7-5-3-1-2-4-6-8-10-14(13)12-16/h1-10H2/b14-13-. The zero-order chi connectivity index (χ0) is 11.6. The van der Waals surface area contributed by atoms with Gasteiger partial charge in [0.05, 0.1) is 12.1 Å². The van der Waals surface area contributed by atoms with E-state index in [9.17, 15) is 0 Å². The maximum Gasteiger partial charge on any atom is 0.0957 e. The van der Waals surface area contributed by atoms with Crippen molar-refractivity contribution in [2.75, 3.05) is 0 Å². The average Bonchev–Trinajstić information content (AvgIpc) is 2.30. The summed E-state index contributed by atoms with van der Waals surface area (Å²) in [6, 6.07) is 4.43. The van der Waals surface area contributed by atoms with Gasteiger partial charge in [-0.3, -0.25) is 0 Å². The van der Waals surface area contributed by atoms with Gasteiger partial charge in [-0.2, -0.15) is 10.5 Å². The van der Waals surface area contributed by atoms with Gasteiger partial charge in [0.15, 0.2) is 0 Å². The molecule has 0 aromatic heterocycles. The molecule has 16 heavy (non-hydrogen) atoms. The van der Waals surface area contributed by atoms with E-state index in [-0.39, 0.29) is 0 Å². The van der Waals surface area contributed by atoms with E-state index in [0.717, 1.165) is 36.8 Å². The van der Waals surface area contributed by atoms with Crippen LogP contribution < -0.4 is 0 Å². The predicted molar refractivity (Wildman–Crippen MR) is 64.4 cm³/mol. The van der Waals surface area contributed by atoms with Crippen molar-refractivity contribution in [3.8, 4) is 12.1 Å². The SMILES string of the molecule is N#C/C1=C(\C#N)CCCCCCCCCC1. The minimum atomic E-state index is 0.739. The van der Waals surface area contributed by atoms with Crippen molar-refractivity contribution < 1.29 is 0 Å². The molecule has 0 aromatic rings. The van der Waals surface area contributed by atoms with Crippen LogP contribution >= 0.6 is 0 Å². The summed E-state index contributed by atoms with van der Waals surface area (Å²) in [5.74, 6) is 0. The molecule has 0 saturated heterocycles. The summed E-state index contributed by atoms with van der Waals surface area (Å²) in [7, 11) is 0. The highest BCUT2D eigenvalue weighted by molar-refractivity contribution is 5.36. The van der Waals surface area contributed by atoms with Crippen molar-refractivity contribution in [2.45, 2.75) is 64.2 Å². The van der Waals surface area contributed by atoms with Gasteiger partial charge in [0.25, 0.3) is 0 Å². The molecule has 0 aromatic carbocycles. The Labute approximate surface area is 98.6 Å². The Hall–Kier alpha value is -1.28. The Balaban J connectivity index is 2.63. The van der Waals surface area contributed by atoms with Crippen LogP contribution in [-0.4, -0.2) is 0 Å². The molecular weight excluding hydrogens is 196 g/mol. The fourth-order valence-electron chi connectivity index (χ4n) is 2.21. The van der Waals surface area contributed by atoms with E-state index < -0.39 is 0 Å². The van der Waals surface area contributed by atoms with Crippen molar-refractivity contribution >= 4 is 0 Å². The molecule has 0 amide bonds. The van der Waals surface area contributed by atoms with Gasteiger partial charge in [-0.15, -0.1) is 0 Å². The maximum absolute atomic E-state index is 9.04. The summed E-state index contributed by atoms with van der Waals surface area (Å²) in [5.41, 5.74) is 1.48. The number of hydrogen-bond acceptors (Lipinski definition) is 2. The molecule has 0 unspecified atom stereocenters. The van der Waals surface area contributed by atoms with E-state index in [4.69, 9.17) is 10.5 Å². The molecule has 86 valence electrons. The van der Waals surface area contributed by atoms with E-state index in [1.165, 1.54) is 38.5 Å². The van der Waals surface area contributed by atoms with Gasteiger partial charge in [-0.05, 0) is 25.7 Å². The zero-order valence-corrected chi connectivity index (χ0v) is 9.97. The quantitative estimate of drug-likeness (QED) is 0.608. The van der Waals surface area contributed by atoms with Crippen molar-refractivity contribution in [1.29, 1.82) is 10.5 Å². The third kappa shape index (κ3) is 4.49. The molecule has 0 spiro atoms. The molecule has 1 aliphatic carbocycles. The molecule has 0 radical (unpaired) electrons. The van der Waals surface area contributed by atoms with E-state index in [2.05, 4.69) is 12.1 Å². The van der Waals surface area contributed by atoms with Crippen molar-refractivity contribution in [3.05, 3.63) is 11.1 Å². The van der Waals surface area contributed by atoms with Gasteiger partial charge in [-0.25, -0.2) is 0 Å². The molecule has 2 heteroatoms. The smallest absolute Gasteiger partial charge is 0.0957 e. The van der Waals surface area contributed by atoms with Gasteiger partial charge < -0.3 is 0 Å². The topological polar surface area (TPSA) is 47.6 Å². The fraction of sp³-hybridized carbons (Fsp3) is 0.714. The molecule has 0 saturated carbocycles. The van der Waals surface area contributed by atoms with Crippen LogP contribution in [0.4, 0.5) is 0 Å². The summed E-state index contributed by atoms with van der Waals surface area (Å²) in [4.78, 5) is 0. The molecule has 0 atom stereocenters. The van der Waals surface area contributed by atoms with Crippen LogP contribution in [0.25, 0.3) is 0 Å². The third-order valence-corrected chi connectivity index (χ3v) is 3.24. The molecule has 0 fully saturated rings. The number of rotatable bonds is 0. The molecule has 1 rings (SSSR count). The molecular formula is C14H20N2. The highest BCUT2D eigenvalue weighted by Crippen LogP contribution is 2.20. The second-order valence-electron chi connectivity index (χ2n) is 4.51. The highest BCUT2D eigenvalue weighted by atomic mass is 14.3. The van der Waals surface area contributed by atoms with Crippen LogP contribution in [-0.2, 0) is 0 Å². The van der Waals surface area contributed by atoms with E-state index in [0.29, 0.717) is 0 Å². The summed E-state index contributed by atoms with van der Waals surface area (Å²) in [5, 5.41) is 18.1. The molecule has 0 heterocycles. The third-order valence-electron chi connectivity index (χ3n) is 3.24. The fourth-order valence-corrected chi connectivity index (χ4v) is 2.21. The monoisotopic (exact) mass is 216 g/mol. The zero-order valence-electron chi connectivity index (χ0n) is 9.97. The first-order chi connectivity index (χ1) is 7.88. The first kappa shape index (κ1) is 12.8. The Morgan fingerprint density at radius 2 is 0.875 bits per heavy atom. The van der Waals surface area contributed by atoms with E-state index in [1.54, 1.807) is 0 Å². The molecule has 0 aliphatic heterocycles. The van der Waals surface area contributed by atoms with Crippen LogP contribution in [0.3, 0.4) is 0 Å². The largest absolute Gasteiger partial charge is 0.193 e. The van der Waals surface area contributed by atoms with Gasteiger partial charge in [0.2, 0.25) is 0 Å². The Morgan fingerprint density at radius 1 is 0.562 bits per heavy atom. The number of nitrogens with zero attached hydrogens (tertiary/aromatic N) is 2. The maximum atomic E-state index is 9.04. The minimum Gasteiger partial charge on any atom is -0.193 e. The number of hydrogen-bond donors (Lipinski definition) is 0. The first-order valence-electron chi connectivity index (χ1n) is 6.40. The van der Waals surface area contributed by atoms with Crippen molar-refractivity contribution in [1.82, 2.24) is 0 Å². The lowest BCUT2D eigenvalue weighted by molar-refractivity contribution is 0.562. The molecule has 0 N–H and O–H groups in total. The lowest BCUT2D eigenvalue weighted by Gasteiger charge is -2.07. The predicted octanol–water partition coefficient (Wildman–Crippen LogP) is 4.24. The Bertz CT molecular complexity index is 283. The molecule has 2 nitrogen and oxygen atoms in total. The van der Waals surface area contributed by atoms with Gasteiger partial charge in [0.1, 0.15) is 0 Å². The van der Waals surface area contributed by atoms with Crippen LogP contribution in [0.5, 0.6) is 0 Å². The second kappa shape index (κ2) is 7.94. The van der Waals surface area contributed by atoms with Crippen LogP contribution in [0.15, 0.2) is 11.1 Å². The van der Waals surface area contributed by atoms with Gasteiger partial charge >= 0.3 is 0 Å². The Morgan fingerprint density at radius 3 is 1.19 bits per heavy atom. The van der Waals surface area contributed by atoms with Crippen molar-refractivity contribution in [3.63, 3.8) is 0 Å². The number of allylic oxidation sites excluding steroid dienone is 2. The van der Waals surface area contributed by atoms with Crippen LogP contribution in [0.1, 0.15) is 64.2 Å². The summed E-state index contributed by atoms with van der Waals surface area (Å²) in [6.07, 6.45) is 11.4. The molecule has 1 aliphatic rings. The minimum absolute atomic E-state index is 0.739. The first-order valence-corrected chi connectivity index (χ1v) is 6.40. The average molecular weight is 216 g/mol. The Kier molecular flexibility index (Phi) is 6.35. The normalized spacial score (nSPS) is 24.6. The lowest BCUT2D eigenvalue weighted by Crippen LogP contribution is -1.92. The van der Waals surface area contributed by atoms with Gasteiger partial charge in [0, 0.05) is 11.1 Å². The summed E-state index contributed by atoms with van der Waals surface area (Å²) < 4.78 is 0. The second-order valence-corrected chi connectivity index (χ2v) is 4.51. The summed E-state index contributed by atoms with van der Waals surface area (Å²) >= 11 is 0. The lowest BCUT2D eigenvalue weighted by atomic mass is 9.96. The molecule has 0 bridgehead atoms. The van der Waals surface area contributed by atoms with E-state index in [1.807, 2.05) is 0 Å².